The van der Waals surface area contributed by atoms with Crippen LogP contribution in [0.1, 0.15) is 42.2 Å². The third kappa shape index (κ3) is 3.25. The van der Waals surface area contributed by atoms with E-state index in [9.17, 15) is 4.79 Å². The second-order valence-corrected chi connectivity index (χ2v) is 7.21. The Labute approximate surface area is 139 Å². The first-order valence-corrected chi connectivity index (χ1v) is 8.48. The Bertz CT molecular complexity index is 794. The van der Waals surface area contributed by atoms with Gasteiger partial charge in [-0.1, -0.05) is 25.3 Å². The normalized spacial score (nSPS) is 20.8. The van der Waals surface area contributed by atoms with Crippen LogP contribution >= 0.6 is 11.8 Å². The van der Waals surface area contributed by atoms with E-state index in [1.54, 1.807) is 6.20 Å². The molecule has 122 valence electrons. The standard InChI is InChI=1S/C16H21N5OS/c1-8-5-13(17-6-8)15-19-10(3)14(16(22)20-15)23-11(4)12-7-18-21-9(12)2/h7-8,13,17H,4-6H2,1-3H3,(H,18,21)(H,19,20,22)/t8-,13-/m0/s1. The minimum Gasteiger partial charge on any atom is -0.308 e. The van der Waals surface area contributed by atoms with Crippen LogP contribution < -0.4 is 10.9 Å². The highest BCUT2D eigenvalue weighted by molar-refractivity contribution is 8.08. The minimum absolute atomic E-state index is 0.110. The van der Waals surface area contributed by atoms with Crippen molar-refractivity contribution >= 4 is 16.7 Å². The Morgan fingerprint density at radius 2 is 2.22 bits per heavy atom. The van der Waals surface area contributed by atoms with Crippen LogP contribution in [0.25, 0.3) is 4.91 Å². The first kappa shape index (κ1) is 16.0. The number of thioether (sulfide) groups is 1. The molecule has 2 atom stereocenters. The van der Waals surface area contributed by atoms with Gasteiger partial charge >= 0.3 is 0 Å². The first-order valence-electron chi connectivity index (χ1n) is 7.67. The van der Waals surface area contributed by atoms with Crippen molar-refractivity contribution in [2.24, 2.45) is 5.92 Å². The van der Waals surface area contributed by atoms with Crippen LogP contribution in [-0.4, -0.2) is 26.7 Å². The van der Waals surface area contributed by atoms with Gasteiger partial charge in [-0.2, -0.15) is 5.10 Å². The van der Waals surface area contributed by atoms with Crippen molar-refractivity contribution in [1.82, 2.24) is 25.5 Å². The first-order chi connectivity index (χ1) is 11.0. The molecule has 0 radical (unpaired) electrons. The molecule has 0 spiro atoms. The molecule has 1 fully saturated rings. The number of nitrogens with zero attached hydrogens (tertiary/aromatic N) is 2. The zero-order valence-electron chi connectivity index (χ0n) is 13.6. The predicted octanol–water partition coefficient (Wildman–Crippen LogP) is 2.54. The fraction of sp³-hybridized carbons (Fsp3) is 0.438. The summed E-state index contributed by atoms with van der Waals surface area (Å²) >= 11 is 1.34. The number of aryl methyl sites for hydroxylation is 2. The van der Waals surface area contributed by atoms with Gasteiger partial charge in [0.2, 0.25) is 0 Å². The molecule has 1 saturated heterocycles. The van der Waals surface area contributed by atoms with Gasteiger partial charge in [0.05, 0.1) is 22.8 Å². The van der Waals surface area contributed by atoms with Gasteiger partial charge < -0.3 is 10.3 Å². The molecule has 23 heavy (non-hydrogen) atoms. The summed E-state index contributed by atoms with van der Waals surface area (Å²) in [4.78, 5) is 21.4. The molecule has 0 amide bonds. The quantitative estimate of drug-likeness (QED) is 0.750. The number of hydrogen-bond donors (Lipinski definition) is 3. The fourth-order valence-electron chi connectivity index (χ4n) is 2.81. The van der Waals surface area contributed by atoms with Gasteiger partial charge in [0.25, 0.3) is 5.56 Å². The van der Waals surface area contributed by atoms with E-state index in [0.717, 1.165) is 40.6 Å². The van der Waals surface area contributed by atoms with Gasteiger partial charge in [-0.15, -0.1) is 0 Å². The number of aromatic nitrogens is 4. The molecule has 6 nitrogen and oxygen atoms in total. The van der Waals surface area contributed by atoms with Gasteiger partial charge in [-0.05, 0) is 32.7 Å². The van der Waals surface area contributed by atoms with E-state index in [2.05, 4.69) is 39.0 Å². The average molecular weight is 331 g/mol. The van der Waals surface area contributed by atoms with E-state index in [0.29, 0.717) is 10.8 Å². The summed E-state index contributed by atoms with van der Waals surface area (Å²) in [5.74, 6) is 1.33. The maximum Gasteiger partial charge on any atom is 0.265 e. The molecule has 3 rings (SSSR count). The lowest BCUT2D eigenvalue weighted by molar-refractivity contribution is 0.575. The number of rotatable bonds is 4. The molecule has 0 bridgehead atoms. The Kier molecular flexibility index (Phi) is 4.41. The van der Waals surface area contributed by atoms with Gasteiger partial charge in [0, 0.05) is 16.2 Å². The number of nitrogens with one attached hydrogen (secondary N) is 3. The number of hydrogen-bond acceptors (Lipinski definition) is 5. The van der Waals surface area contributed by atoms with Crippen molar-refractivity contribution in [3.63, 3.8) is 0 Å². The summed E-state index contributed by atoms with van der Waals surface area (Å²) in [6.07, 6.45) is 2.72. The van der Waals surface area contributed by atoms with E-state index in [1.165, 1.54) is 11.8 Å². The number of aromatic amines is 2. The topological polar surface area (TPSA) is 86.5 Å². The van der Waals surface area contributed by atoms with Gasteiger partial charge in [-0.25, -0.2) is 4.98 Å². The third-order valence-electron chi connectivity index (χ3n) is 4.10. The highest BCUT2D eigenvalue weighted by atomic mass is 32.2. The highest BCUT2D eigenvalue weighted by Crippen LogP contribution is 2.33. The molecule has 0 aromatic carbocycles. The second kappa shape index (κ2) is 6.33. The Hall–Kier alpha value is -1.86. The van der Waals surface area contributed by atoms with Crippen LogP contribution in [0.3, 0.4) is 0 Å². The molecule has 3 heterocycles. The third-order valence-corrected chi connectivity index (χ3v) is 5.25. The SMILES string of the molecule is C=C(Sc1c(C)nc([C@@H]2C[C@H](C)CN2)[nH]c1=O)c1cn[nH]c1C. The van der Waals surface area contributed by atoms with Crippen molar-refractivity contribution in [2.75, 3.05) is 6.54 Å². The lowest BCUT2D eigenvalue weighted by Gasteiger charge is -2.12. The minimum atomic E-state index is -0.110. The summed E-state index contributed by atoms with van der Waals surface area (Å²) in [5.41, 5.74) is 2.48. The molecule has 1 aliphatic rings. The second-order valence-electron chi connectivity index (χ2n) is 6.10. The highest BCUT2D eigenvalue weighted by Gasteiger charge is 2.25. The maximum atomic E-state index is 12.5. The summed E-state index contributed by atoms with van der Waals surface area (Å²) < 4.78 is 0. The maximum absolute atomic E-state index is 12.5. The molecule has 7 heteroatoms. The zero-order valence-corrected chi connectivity index (χ0v) is 14.4. The Morgan fingerprint density at radius 3 is 2.78 bits per heavy atom. The zero-order chi connectivity index (χ0) is 16.6. The lowest BCUT2D eigenvalue weighted by atomic mass is 10.1. The van der Waals surface area contributed by atoms with E-state index in [1.807, 2.05) is 13.8 Å². The van der Waals surface area contributed by atoms with E-state index in [4.69, 9.17) is 0 Å². The predicted molar refractivity (Wildman–Crippen MR) is 92.3 cm³/mol. The Balaban J connectivity index is 1.85. The number of H-pyrrole nitrogens is 2. The molecular formula is C16H21N5OS. The molecular weight excluding hydrogens is 310 g/mol. The summed E-state index contributed by atoms with van der Waals surface area (Å²) in [6.45, 7) is 11.0. The monoisotopic (exact) mass is 331 g/mol. The summed E-state index contributed by atoms with van der Waals surface area (Å²) in [5, 5.41) is 10.3. The summed E-state index contributed by atoms with van der Waals surface area (Å²) in [7, 11) is 0. The smallest absolute Gasteiger partial charge is 0.265 e. The molecule has 2 aromatic rings. The van der Waals surface area contributed by atoms with Gasteiger partial charge in [0.15, 0.2) is 0 Å². The molecule has 3 N–H and O–H groups in total. The molecule has 0 aliphatic carbocycles. The van der Waals surface area contributed by atoms with Crippen LogP contribution in [0.4, 0.5) is 0 Å². The van der Waals surface area contributed by atoms with Crippen molar-refractivity contribution < 1.29 is 0 Å². The lowest BCUT2D eigenvalue weighted by Crippen LogP contribution is -2.22. The van der Waals surface area contributed by atoms with Crippen molar-refractivity contribution in [3.8, 4) is 0 Å². The molecule has 0 unspecified atom stereocenters. The Morgan fingerprint density at radius 1 is 1.43 bits per heavy atom. The largest absolute Gasteiger partial charge is 0.308 e. The van der Waals surface area contributed by atoms with Crippen LogP contribution in [-0.2, 0) is 0 Å². The molecule has 1 aliphatic heterocycles. The van der Waals surface area contributed by atoms with Crippen LogP contribution in [0.2, 0.25) is 0 Å². The van der Waals surface area contributed by atoms with E-state index >= 15 is 0 Å². The average Bonchev–Trinajstić information content (AvgIpc) is 3.11. The molecule has 0 saturated carbocycles. The van der Waals surface area contributed by atoms with E-state index < -0.39 is 0 Å². The van der Waals surface area contributed by atoms with Crippen LogP contribution in [0.15, 0.2) is 22.5 Å². The molecule has 2 aromatic heterocycles. The van der Waals surface area contributed by atoms with Crippen molar-refractivity contribution in [1.29, 1.82) is 0 Å². The van der Waals surface area contributed by atoms with Gasteiger partial charge in [-0.3, -0.25) is 9.89 Å². The van der Waals surface area contributed by atoms with Crippen molar-refractivity contribution in [3.05, 3.63) is 45.9 Å². The van der Waals surface area contributed by atoms with Gasteiger partial charge in [0.1, 0.15) is 5.82 Å². The van der Waals surface area contributed by atoms with Crippen LogP contribution in [0, 0.1) is 19.8 Å². The summed E-state index contributed by atoms with van der Waals surface area (Å²) in [6, 6.07) is 0.134. The van der Waals surface area contributed by atoms with Crippen LogP contribution in [0.5, 0.6) is 0 Å². The fourth-order valence-corrected chi connectivity index (χ4v) is 3.71. The van der Waals surface area contributed by atoms with E-state index in [-0.39, 0.29) is 11.6 Å². The van der Waals surface area contributed by atoms with Crippen molar-refractivity contribution in [2.45, 2.75) is 38.1 Å².